The first-order valence-corrected chi connectivity index (χ1v) is 10.2. The van der Waals surface area contributed by atoms with Gasteiger partial charge in [-0.2, -0.15) is 13.2 Å². The van der Waals surface area contributed by atoms with Gasteiger partial charge < -0.3 is 10.1 Å². The maximum atomic E-state index is 13.3. The Morgan fingerprint density at radius 1 is 1.10 bits per heavy atom. The number of nitrogens with zero attached hydrogens (tertiary/aromatic N) is 4. The van der Waals surface area contributed by atoms with E-state index in [9.17, 15) is 13.2 Å². The van der Waals surface area contributed by atoms with Crippen LogP contribution in [0.15, 0.2) is 30.7 Å². The molecule has 2 fully saturated rings. The van der Waals surface area contributed by atoms with Crippen molar-refractivity contribution in [3.05, 3.63) is 41.9 Å². The van der Waals surface area contributed by atoms with E-state index in [1.54, 1.807) is 29.1 Å². The average Bonchev–Trinajstić information content (AvgIpc) is 3.44. The van der Waals surface area contributed by atoms with Crippen LogP contribution in [-0.2, 0) is 11.2 Å². The van der Waals surface area contributed by atoms with Gasteiger partial charge in [-0.15, -0.1) is 10.2 Å². The number of benzene rings is 1. The molecule has 9 heteroatoms. The first kappa shape index (κ1) is 19.3. The number of hydrogen-bond acceptors (Lipinski definition) is 5. The molecule has 6 nitrogen and oxygen atoms in total. The largest absolute Gasteiger partial charge is 0.393 e. The van der Waals surface area contributed by atoms with E-state index in [1.807, 2.05) is 6.07 Å². The molecular weight excluding hydrogens is 395 g/mol. The Morgan fingerprint density at radius 2 is 1.90 bits per heavy atom. The number of nitrogens with one attached hydrogen (secondary N) is 1. The molecule has 1 aliphatic heterocycles. The molecule has 1 aromatic carbocycles. The van der Waals surface area contributed by atoms with Gasteiger partial charge in [0.25, 0.3) is 0 Å². The predicted octanol–water partition coefficient (Wildman–Crippen LogP) is 4.36. The number of imidazole rings is 1. The molecule has 1 saturated heterocycles. The highest BCUT2D eigenvalue weighted by Gasteiger charge is 2.31. The SMILES string of the molecule is FC(F)(F)Cc1cc(C2CC2)ccc1-c1nnc(NC2CCOCC2)n2cncc12. The number of ether oxygens (including phenoxy) is 1. The lowest BCUT2D eigenvalue weighted by atomic mass is 9.96. The summed E-state index contributed by atoms with van der Waals surface area (Å²) in [5.41, 5.74) is 2.68. The fraction of sp³-hybridized carbons (Fsp3) is 0.476. The lowest BCUT2D eigenvalue weighted by molar-refractivity contribution is -0.127. The Balaban J connectivity index is 1.54. The third kappa shape index (κ3) is 3.98. The highest BCUT2D eigenvalue weighted by Crippen LogP contribution is 2.42. The summed E-state index contributed by atoms with van der Waals surface area (Å²) in [5.74, 6) is 0.906. The lowest BCUT2D eigenvalue weighted by Crippen LogP contribution is -2.29. The molecule has 158 valence electrons. The summed E-state index contributed by atoms with van der Waals surface area (Å²) in [5, 5.41) is 12.0. The lowest BCUT2D eigenvalue weighted by Gasteiger charge is -2.23. The van der Waals surface area contributed by atoms with Gasteiger partial charge in [-0.1, -0.05) is 18.2 Å². The molecule has 1 saturated carbocycles. The molecule has 3 heterocycles. The number of hydrogen-bond donors (Lipinski definition) is 1. The van der Waals surface area contributed by atoms with Crippen molar-refractivity contribution in [2.45, 2.75) is 50.2 Å². The van der Waals surface area contributed by atoms with Crippen molar-refractivity contribution in [2.24, 2.45) is 0 Å². The predicted molar refractivity (Wildman–Crippen MR) is 105 cm³/mol. The molecule has 5 rings (SSSR count). The van der Waals surface area contributed by atoms with Crippen molar-refractivity contribution in [1.29, 1.82) is 0 Å². The average molecular weight is 417 g/mol. The Bertz CT molecular complexity index is 1050. The van der Waals surface area contributed by atoms with Gasteiger partial charge >= 0.3 is 6.18 Å². The number of rotatable bonds is 5. The van der Waals surface area contributed by atoms with Gasteiger partial charge in [0, 0.05) is 24.8 Å². The van der Waals surface area contributed by atoms with Crippen molar-refractivity contribution in [2.75, 3.05) is 18.5 Å². The number of alkyl halides is 3. The van der Waals surface area contributed by atoms with Gasteiger partial charge in [0.15, 0.2) is 0 Å². The molecule has 0 bridgehead atoms. The molecule has 30 heavy (non-hydrogen) atoms. The standard InChI is InChI=1S/C21H22F3N5O/c22-21(23,24)10-15-9-14(13-1-2-13)3-4-17(15)19-18-11-25-12-29(18)20(28-27-19)26-16-5-7-30-8-6-16/h3-4,9,11-13,16H,1-2,5-8,10H2,(H,26,28). The highest BCUT2D eigenvalue weighted by atomic mass is 19.4. The second-order valence-electron chi connectivity index (χ2n) is 8.03. The van der Waals surface area contributed by atoms with E-state index in [-0.39, 0.29) is 11.6 Å². The minimum atomic E-state index is -4.30. The van der Waals surface area contributed by atoms with E-state index in [0.717, 1.165) is 31.2 Å². The molecule has 0 atom stereocenters. The minimum absolute atomic E-state index is 0.211. The van der Waals surface area contributed by atoms with Crippen LogP contribution >= 0.6 is 0 Å². The van der Waals surface area contributed by atoms with Gasteiger partial charge in [0.2, 0.25) is 5.95 Å². The Kier molecular flexibility index (Phi) is 4.85. The number of fused-ring (bicyclic) bond motifs is 1. The zero-order valence-electron chi connectivity index (χ0n) is 16.3. The van der Waals surface area contributed by atoms with E-state index in [0.29, 0.717) is 41.9 Å². The van der Waals surface area contributed by atoms with Gasteiger partial charge in [-0.25, -0.2) is 4.98 Å². The molecule has 0 spiro atoms. The van der Waals surface area contributed by atoms with E-state index < -0.39 is 12.6 Å². The van der Waals surface area contributed by atoms with Gasteiger partial charge in [-0.05, 0) is 42.7 Å². The summed E-state index contributed by atoms with van der Waals surface area (Å²) in [6.45, 7) is 1.37. The summed E-state index contributed by atoms with van der Waals surface area (Å²) in [7, 11) is 0. The van der Waals surface area contributed by atoms with Crippen molar-refractivity contribution in [3.63, 3.8) is 0 Å². The second-order valence-corrected chi connectivity index (χ2v) is 8.03. The van der Waals surface area contributed by atoms with Crippen molar-refractivity contribution in [1.82, 2.24) is 19.6 Å². The van der Waals surface area contributed by atoms with Crippen LogP contribution in [0.5, 0.6) is 0 Å². The fourth-order valence-electron chi connectivity index (χ4n) is 4.03. The topological polar surface area (TPSA) is 64.3 Å². The molecular formula is C21H22F3N5O. The van der Waals surface area contributed by atoms with Gasteiger partial charge in [0.05, 0.1) is 18.1 Å². The molecule has 1 aliphatic carbocycles. The normalized spacial score (nSPS) is 18.1. The number of halogens is 3. The molecule has 2 aromatic heterocycles. The first-order chi connectivity index (χ1) is 14.5. The molecule has 3 aromatic rings. The zero-order chi connectivity index (χ0) is 20.7. The van der Waals surface area contributed by atoms with Crippen LogP contribution in [0, 0.1) is 0 Å². The maximum absolute atomic E-state index is 13.3. The van der Waals surface area contributed by atoms with Crippen molar-refractivity contribution < 1.29 is 17.9 Å². The van der Waals surface area contributed by atoms with Gasteiger partial charge in [0.1, 0.15) is 12.0 Å². The molecule has 0 amide bonds. The fourth-order valence-corrected chi connectivity index (χ4v) is 4.03. The summed E-state index contributed by atoms with van der Waals surface area (Å²) in [6, 6.07) is 5.55. The van der Waals surface area contributed by atoms with Crippen LogP contribution in [0.25, 0.3) is 16.8 Å². The smallest absolute Gasteiger partial charge is 0.381 e. The monoisotopic (exact) mass is 417 g/mol. The van der Waals surface area contributed by atoms with Crippen LogP contribution < -0.4 is 5.32 Å². The van der Waals surface area contributed by atoms with E-state index >= 15 is 0 Å². The third-order valence-electron chi connectivity index (χ3n) is 5.73. The van der Waals surface area contributed by atoms with E-state index in [1.165, 1.54) is 0 Å². The Labute approximate surface area is 171 Å². The first-order valence-electron chi connectivity index (χ1n) is 10.2. The van der Waals surface area contributed by atoms with Crippen LogP contribution in [0.1, 0.15) is 42.7 Å². The Morgan fingerprint density at radius 3 is 2.63 bits per heavy atom. The molecule has 0 radical (unpaired) electrons. The van der Waals surface area contributed by atoms with E-state index in [4.69, 9.17) is 4.74 Å². The molecule has 0 unspecified atom stereocenters. The van der Waals surface area contributed by atoms with Crippen molar-refractivity contribution in [3.8, 4) is 11.3 Å². The summed E-state index contributed by atoms with van der Waals surface area (Å²) < 4.78 is 47.0. The third-order valence-corrected chi connectivity index (χ3v) is 5.73. The van der Waals surface area contributed by atoms with E-state index in [2.05, 4.69) is 20.5 Å². The second kappa shape index (κ2) is 7.54. The van der Waals surface area contributed by atoms with Gasteiger partial charge in [-0.3, -0.25) is 4.40 Å². The number of aromatic nitrogens is 4. The van der Waals surface area contributed by atoms with Crippen molar-refractivity contribution >= 4 is 11.5 Å². The molecule has 2 aliphatic rings. The molecule has 1 N–H and O–H groups in total. The highest BCUT2D eigenvalue weighted by molar-refractivity contribution is 5.79. The van der Waals surface area contributed by atoms with Crippen LogP contribution in [0.2, 0.25) is 0 Å². The quantitative estimate of drug-likeness (QED) is 0.668. The van der Waals surface area contributed by atoms with Crippen LogP contribution in [0.4, 0.5) is 19.1 Å². The minimum Gasteiger partial charge on any atom is -0.381 e. The number of anilines is 1. The van der Waals surface area contributed by atoms with Crippen LogP contribution in [-0.4, -0.2) is 45.0 Å². The maximum Gasteiger partial charge on any atom is 0.393 e. The summed E-state index contributed by atoms with van der Waals surface area (Å²) >= 11 is 0. The summed E-state index contributed by atoms with van der Waals surface area (Å²) in [6.07, 6.45) is 1.71. The summed E-state index contributed by atoms with van der Waals surface area (Å²) in [4.78, 5) is 4.20. The van der Waals surface area contributed by atoms with Crippen LogP contribution in [0.3, 0.4) is 0 Å². The Hall–Kier alpha value is -2.68. The zero-order valence-corrected chi connectivity index (χ0v) is 16.3.